The Morgan fingerprint density at radius 3 is 2.91 bits per heavy atom. The van der Waals surface area contributed by atoms with Gasteiger partial charge in [0.25, 0.3) is 0 Å². The van der Waals surface area contributed by atoms with Crippen LogP contribution in [-0.4, -0.2) is 93.6 Å². The molecule has 5 heterocycles. The van der Waals surface area contributed by atoms with E-state index in [-0.39, 0.29) is 5.54 Å². The van der Waals surface area contributed by atoms with E-state index in [2.05, 4.69) is 43.1 Å². The lowest BCUT2D eigenvalue weighted by Crippen LogP contribution is -2.74. The molecule has 3 aliphatic rings. The number of fused-ring (bicyclic) bond motifs is 1. The summed E-state index contributed by atoms with van der Waals surface area (Å²) < 4.78 is 7.46. The Labute approximate surface area is 188 Å². The van der Waals surface area contributed by atoms with Gasteiger partial charge in [-0.1, -0.05) is 6.92 Å². The van der Waals surface area contributed by atoms with Crippen molar-refractivity contribution in [2.24, 2.45) is 7.05 Å². The highest BCUT2D eigenvalue weighted by molar-refractivity contribution is 5.57. The molecular weight excluding hydrogens is 406 g/mol. The lowest BCUT2D eigenvalue weighted by Gasteiger charge is -2.59. The highest BCUT2D eigenvalue weighted by Crippen LogP contribution is 2.37. The Morgan fingerprint density at radius 2 is 2.16 bits per heavy atom. The zero-order valence-corrected chi connectivity index (χ0v) is 18.9. The zero-order chi connectivity index (χ0) is 22.1. The van der Waals surface area contributed by atoms with Gasteiger partial charge in [-0.25, -0.2) is 4.98 Å². The minimum Gasteiger partial charge on any atom is -0.378 e. The predicted octanol–water partition coefficient (Wildman–Crippen LogP) is 1.00. The summed E-state index contributed by atoms with van der Waals surface area (Å²) in [5.74, 6) is 1.53. The largest absolute Gasteiger partial charge is 0.378 e. The fraction of sp³-hybridized carbons (Fsp3) is 0.636. The van der Waals surface area contributed by atoms with E-state index in [0.29, 0.717) is 18.4 Å². The van der Waals surface area contributed by atoms with Crippen LogP contribution in [0.15, 0.2) is 18.6 Å². The second kappa shape index (κ2) is 8.65. The SMILES string of the molecule is CCc1cnc(Nc2cnn(C)c2)nc1N1CC(CC#N)(N2CCN3CCOC[C@H]3C2)C1. The molecule has 0 bridgehead atoms. The molecule has 3 fully saturated rings. The Kier molecular flexibility index (Phi) is 5.71. The summed E-state index contributed by atoms with van der Waals surface area (Å²) in [6.45, 7) is 9.40. The molecule has 1 atom stereocenters. The van der Waals surface area contributed by atoms with Crippen molar-refractivity contribution in [2.45, 2.75) is 31.3 Å². The number of hydrogen-bond acceptors (Lipinski definition) is 9. The van der Waals surface area contributed by atoms with Crippen molar-refractivity contribution in [3.63, 3.8) is 0 Å². The molecule has 0 spiro atoms. The molecule has 3 saturated heterocycles. The van der Waals surface area contributed by atoms with Crippen LogP contribution in [0.2, 0.25) is 0 Å². The van der Waals surface area contributed by atoms with E-state index >= 15 is 0 Å². The van der Waals surface area contributed by atoms with Crippen LogP contribution in [0.5, 0.6) is 0 Å². The zero-order valence-electron chi connectivity index (χ0n) is 18.9. The van der Waals surface area contributed by atoms with Gasteiger partial charge in [0.15, 0.2) is 0 Å². The molecular formula is C22H31N9O. The van der Waals surface area contributed by atoms with Gasteiger partial charge in [0.1, 0.15) is 5.82 Å². The maximum Gasteiger partial charge on any atom is 0.229 e. The molecule has 10 heteroatoms. The Morgan fingerprint density at radius 1 is 1.28 bits per heavy atom. The molecule has 0 radical (unpaired) electrons. The van der Waals surface area contributed by atoms with Crippen molar-refractivity contribution in [3.8, 4) is 6.07 Å². The van der Waals surface area contributed by atoms with Gasteiger partial charge in [0.2, 0.25) is 5.95 Å². The highest BCUT2D eigenvalue weighted by atomic mass is 16.5. The summed E-state index contributed by atoms with van der Waals surface area (Å²) in [5, 5.41) is 17.1. The van der Waals surface area contributed by atoms with Gasteiger partial charge in [0.05, 0.1) is 43.1 Å². The van der Waals surface area contributed by atoms with Crippen LogP contribution in [0, 0.1) is 11.3 Å². The van der Waals surface area contributed by atoms with E-state index in [1.54, 1.807) is 10.9 Å². The van der Waals surface area contributed by atoms with E-state index in [0.717, 1.165) is 76.0 Å². The van der Waals surface area contributed by atoms with Crippen LogP contribution in [0.25, 0.3) is 0 Å². The second-order valence-electron chi connectivity index (χ2n) is 9.05. The number of morpholine rings is 1. The van der Waals surface area contributed by atoms with Gasteiger partial charge in [0, 0.05) is 70.3 Å². The quantitative estimate of drug-likeness (QED) is 0.710. The molecule has 3 aliphatic heterocycles. The summed E-state index contributed by atoms with van der Waals surface area (Å²) in [7, 11) is 1.88. The summed E-state index contributed by atoms with van der Waals surface area (Å²) in [5.41, 5.74) is 1.86. The third kappa shape index (κ3) is 3.92. The third-order valence-electron chi connectivity index (χ3n) is 6.97. The van der Waals surface area contributed by atoms with Crippen molar-refractivity contribution in [1.82, 2.24) is 29.5 Å². The molecule has 0 amide bonds. The molecule has 0 aliphatic carbocycles. The summed E-state index contributed by atoms with van der Waals surface area (Å²) in [6, 6.07) is 2.89. The molecule has 2 aromatic rings. The van der Waals surface area contributed by atoms with Crippen LogP contribution in [0.4, 0.5) is 17.5 Å². The van der Waals surface area contributed by atoms with E-state index in [1.165, 1.54) is 0 Å². The number of hydrogen-bond donors (Lipinski definition) is 1. The first-order valence-corrected chi connectivity index (χ1v) is 11.4. The molecule has 10 nitrogen and oxygen atoms in total. The maximum atomic E-state index is 9.62. The first-order valence-electron chi connectivity index (χ1n) is 11.4. The van der Waals surface area contributed by atoms with E-state index in [9.17, 15) is 5.26 Å². The predicted molar refractivity (Wildman–Crippen MR) is 121 cm³/mol. The van der Waals surface area contributed by atoms with E-state index < -0.39 is 0 Å². The summed E-state index contributed by atoms with van der Waals surface area (Å²) >= 11 is 0. The Balaban J connectivity index is 1.32. The van der Waals surface area contributed by atoms with Gasteiger partial charge in [-0.05, 0) is 6.42 Å². The number of anilines is 3. The summed E-state index contributed by atoms with van der Waals surface area (Å²) in [6.07, 6.45) is 6.95. The maximum absolute atomic E-state index is 9.62. The number of nitrogens with zero attached hydrogens (tertiary/aromatic N) is 8. The van der Waals surface area contributed by atoms with Crippen molar-refractivity contribution < 1.29 is 4.74 Å². The molecule has 0 unspecified atom stereocenters. The number of nitrogens with one attached hydrogen (secondary N) is 1. The number of aromatic nitrogens is 4. The van der Waals surface area contributed by atoms with Crippen molar-refractivity contribution in [1.29, 1.82) is 5.26 Å². The van der Waals surface area contributed by atoms with E-state index in [1.807, 2.05) is 19.4 Å². The number of ether oxygens (including phenoxy) is 1. The van der Waals surface area contributed by atoms with Gasteiger partial charge >= 0.3 is 0 Å². The normalized spacial score (nSPS) is 23.3. The molecule has 170 valence electrons. The number of aryl methyl sites for hydroxylation is 2. The highest BCUT2D eigenvalue weighted by Gasteiger charge is 2.50. The fourth-order valence-corrected chi connectivity index (χ4v) is 5.16. The first-order chi connectivity index (χ1) is 15.6. The molecule has 32 heavy (non-hydrogen) atoms. The van der Waals surface area contributed by atoms with Crippen molar-refractivity contribution in [3.05, 3.63) is 24.2 Å². The molecule has 5 rings (SSSR count). The van der Waals surface area contributed by atoms with Gasteiger partial charge in [-0.3, -0.25) is 14.5 Å². The van der Waals surface area contributed by atoms with Gasteiger partial charge < -0.3 is 15.0 Å². The van der Waals surface area contributed by atoms with Crippen molar-refractivity contribution in [2.75, 3.05) is 62.7 Å². The van der Waals surface area contributed by atoms with Crippen molar-refractivity contribution >= 4 is 17.5 Å². The van der Waals surface area contributed by atoms with Crippen LogP contribution in [-0.2, 0) is 18.2 Å². The van der Waals surface area contributed by atoms with Gasteiger partial charge in [-0.2, -0.15) is 15.3 Å². The lowest BCUT2D eigenvalue weighted by atomic mass is 9.83. The summed E-state index contributed by atoms with van der Waals surface area (Å²) in [4.78, 5) is 16.7. The van der Waals surface area contributed by atoms with Gasteiger partial charge in [-0.15, -0.1) is 0 Å². The Bertz CT molecular complexity index is 994. The van der Waals surface area contributed by atoms with E-state index in [4.69, 9.17) is 9.72 Å². The molecule has 2 aromatic heterocycles. The smallest absolute Gasteiger partial charge is 0.229 e. The average molecular weight is 438 g/mol. The standard InChI is InChI=1S/C22H31N9O/c1-3-17-10-24-21(26-18-11-25-28(2)12-18)27-20(17)30-15-22(16-30,4-5-23)31-7-6-29-8-9-32-14-19(29)13-31/h10-12,19H,3-4,6-9,13-16H2,1-2H3,(H,24,26,27)/t19-/m1/s1. The Hall–Kier alpha value is -2.74. The third-order valence-corrected chi connectivity index (χ3v) is 6.97. The van der Waals surface area contributed by atoms with Crippen LogP contribution in [0.1, 0.15) is 18.9 Å². The number of piperazine rings is 1. The fourth-order valence-electron chi connectivity index (χ4n) is 5.16. The number of nitriles is 1. The lowest BCUT2D eigenvalue weighted by molar-refractivity contribution is -0.0753. The second-order valence-corrected chi connectivity index (χ2v) is 9.05. The number of rotatable bonds is 6. The monoisotopic (exact) mass is 437 g/mol. The first kappa shape index (κ1) is 21.1. The van der Waals surface area contributed by atoms with Crippen LogP contribution >= 0.6 is 0 Å². The van der Waals surface area contributed by atoms with Crippen LogP contribution < -0.4 is 10.2 Å². The topological polar surface area (TPSA) is 98.4 Å². The minimum atomic E-state index is -0.120. The molecule has 1 N–H and O–H groups in total. The minimum absolute atomic E-state index is 0.120. The van der Waals surface area contributed by atoms with Crippen LogP contribution in [0.3, 0.4) is 0 Å². The average Bonchev–Trinajstić information content (AvgIpc) is 3.20. The molecule has 0 aromatic carbocycles. The molecule has 0 saturated carbocycles.